The molecule has 0 saturated carbocycles. The zero-order valence-corrected chi connectivity index (χ0v) is 24.2. The number of benzene rings is 4. The van der Waals surface area contributed by atoms with Crippen molar-refractivity contribution in [3.63, 3.8) is 0 Å². The molecule has 0 saturated heterocycles. The molecule has 35 heavy (non-hydrogen) atoms. The van der Waals surface area contributed by atoms with E-state index in [2.05, 4.69) is 111 Å². The van der Waals surface area contributed by atoms with Gasteiger partial charge >= 0.3 is 204 Å². The van der Waals surface area contributed by atoms with E-state index in [1.165, 1.54) is 64.7 Å². The van der Waals surface area contributed by atoms with Gasteiger partial charge in [-0.1, -0.05) is 0 Å². The summed E-state index contributed by atoms with van der Waals surface area (Å²) in [5.41, 5.74) is 6.41. The Labute approximate surface area is 210 Å². The van der Waals surface area contributed by atoms with Crippen LogP contribution in [0.2, 0.25) is 17.3 Å². The van der Waals surface area contributed by atoms with E-state index < -0.39 is 13.3 Å². The van der Waals surface area contributed by atoms with Crippen molar-refractivity contribution in [2.75, 3.05) is 0 Å². The van der Waals surface area contributed by atoms with Crippen LogP contribution in [-0.4, -0.2) is 13.3 Å². The van der Waals surface area contributed by atoms with Gasteiger partial charge in [0.25, 0.3) is 0 Å². The molecule has 3 heteroatoms. The minimum absolute atomic E-state index is 0.349. The zero-order chi connectivity index (χ0) is 24.8. The van der Waals surface area contributed by atoms with Gasteiger partial charge in [0.2, 0.25) is 0 Å². The number of aromatic nitrogens is 1. The molecule has 4 aromatic carbocycles. The van der Waals surface area contributed by atoms with Gasteiger partial charge in [-0.15, -0.1) is 0 Å². The molecule has 0 amide bonds. The summed E-state index contributed by atoms with van der Waals surface area (Å²) in [7, 11) is 2.17. The molecular weight excluding hydrogens is 487 g/mol. The number of pyridine rings is 1. The van der Waals surface area contributed by atoms with E-state index in [4.69, 9.17) is 4.74 Å². The van der Waals surface area contributed by atoms with E-state index in [1.807, 2.05) is 0 Å². The zero-order valence-electron chi connectivity index (χ0n) is 22.1. The predicted molar refractivity (Wildman–Crippen MR) is 152 cm³/mol. The Morgan fingerprint density at radius 1 is 0.829 bits per heavy atom. The number of nitrogens with zero attached hydrogens (tertiary/aromatic N) is 1. The van der Waals surface area contributed by atoms with Crippen LogP contribution in [0.5, 0.6) is 11.5 Å². The molecule has 1 aromatic heterocycles. The molecule has 0 spiro atoms. The number of ether oxygens (including phenoxy) is 1. The first-order valence-electron chi connectivity index (χ1n) is 12.7. The van der Waals surface area contributed by atoms with Gasteiger partial charge in [-0.3, -0.25) is 0 Å². The summed E-state index contributed by atoms with van der Waals surface area (Å²) in [6.45, 7) is 9.01. The van der Waals surface area contributed by atoms with Crippen molar-refractivity contribution in [3.8, 4) is 22.8 Å². The van der Waals surface area contributed by atoms with Crippen LogP contribution >= 0.6 is 0 Å². The fourth-order valence-corrected chi connectivity index (χ4v) is 8.41. The molecule has 0 atom stereocenters. The van der Waals surface area contributed by atoms with Gasteiger partial charge in [-0.25, -0.2) is 0 Å². The van der Waals surface area contributed by atoms with Gasteiger partial charge in [-0.05, 0) is 6.92 Å². The number of hydrogen-bond acceptors (Lipinski definition) is 1. The van der Waals surface area contributed by atoms with Crippen LogP contribution in [0.25, 0.3) is 43.6 Å². The van der Waals surface area contributed by atoms with Crippen molar-refractivity contribution in [1.29, 1.82) is 0 Å². The van der Waals surface area contributed by atoms with Crippen molar-refractivity contribution < 1.29 is 9.30 Å². The first kappa shape index (κ1) is 22.6. The molecule has 0 radical (unpaired) electrons. The summed E-state index contributed by atoms with van der Waals surface area (Å²) >= 11 is -1.95. The van der Waals surface area contributed by atoms with Crippen LogP contribution in [0.4, 0.5) is 0 Å². The van der Waals surface area contributed by atoms with Crippen LogP contribution in [0, 0.1) is 13.8 Å². The maximum atomic E-state index is 6.95. The van der Waals surface area contributed by atoms with Gasteiger partial charge in [0.1, 0.15) is 0 Å². The summed E-state index contributed by atoms with van der Waals surface area (Å²) in [5, 5.41) is 7.74. The summed E-state index contributed by atoms with van der Waals surface area (Å²) < 4.78 is 10.8. The fraction of sp³-hybridized carbons (Fsp3) is 0.281. The van der Waals surface area contributed by atoms with Crippen molar-refractivity contribution >= 4 is 50.0 Å². The second-order valence-corrected chi connectivity index (χ2v) is 22.3. The molecule has 0 aliphatic carbocycles. The fourth-order valence-electron chi connectivity index (χ4n) is 5.95. The van der Waals surface area contributed by atoms with E-state index in [-0.39, 0.29) is 0 Å². The number of rotatable bonds is 2. The van der Waals surface area contributed by atoms with Gasteiger partial charge in [0.15, 0.2) is 0 Å². The van der Waals surface area contributed by atoms with E-state index in [0.717, 1.165) is 11.5 Å². The third-order valence-electron chi connectivity index (χ3n) is 7.81. The summed E-state index contributed by atoms with van der Waals surface area (Å²) in [6, 6.07) is 18.5. The standard InChI is InChI=1S/C32H34GeNO/c1-18(2)28-24-11-9-19(3)15-26(24)20(4)29-31-30-25(13-14-34(31)8)23-12-10-22(33(5,6)7)16-21(23)17-27(30)35-32(28)29/h9-18H,1-8H3/q+1. The second-order valence-electron chi connectivity index (χ2n) is 11.7. The van der Waals surface area contributed by atoms with Crippen molar-refractivity contribution in [2.24, 2.45) is 7.05 Å². The van der Waals surface area contributed by atoms with Crippen LogP contribution in [0.3, 0.4) is 0 Å². The van der Waals surface area contributed by atoms with E-state index in [0.29, 0.717) is 5.92 Å². The number of fused-ring (bicyclic) bond motifs is 5. The van der Waals surface area contributed by atoms with Gasteiger partial charge in [0.05, 0.1) is 0 Å². The molecule has 0 fully saturated rings. The van der Waals surface area contributed by atoms with Gasteiger partial charge in [0, 0.05) is 0 Å². The quantitative estimate of drug-likeness (QED) is 0.128. The molecule has 1 aliphatic rings. The topological polar surface area (TPSA) is 13.1 Å². The Morgan fingerprint density at radius 3 is 2.29 bits per heavy atom. The van der Waals surface area contributed by atoms with E-state index in [1.54, 1.807) is 0 Å². The summed E-state index contributed by atoms with van der Waals surface area (Å²) in [6.07, 6.45) is 2.22. The molecule has 0 bridgehead atoms. The van der Waals surface area contributed by atoms with Crippen LogP contribution in [0.15, 0.2) is 54.7 Å². The molecule has 1 aliphatic heterocycles. The summed E-state index contributed by atoms with van der Waals surface area (Å²) in [5.74, 6) is 9.75. The molecule has 2 nitrogen and oxygen atoms in total. The Hall–Kier alpha value is -2.85. The van der Waals surface area contributed by atoms with Crippen molar-refractivity contribution in [2.45, 2.75) is 50.9 Å². The Morgan fingerprint density at radius 2 is 1.57 bits per heavy atom. The third-order valence-corrected chi connectivity index (χ3v) is 12.1. The van der Waals surface area contributed by atoms with Gasteiger partial charge < -0.3 is 0 Å². The van der Waals surface area contributed by atoms with E-state index in [9.17, 15) is 0 Å². The van der Waals surface area contributed by atoms with Crippen molar-refractivity contribution in [3.05, 3.63) is 71.4 Å². The molecular formula is C32H34GeNO+. The monoisotopic (exact) mass is 522 g/mol. The maximum absolute atomic E-state index is 6.95. The first-order valence-corrected chi connectivity index (χ1v) is 20.0. The number of hydrogen-bond donors (Lipinski definition) is 0. The SMILES string of the molecule is Cc1ccc2c(C(C)C)c3c(c(C)c2c1)-c1c2c(cc4c[c]([Ge]([CH3])([CH3])[CH3])ccc4c2cc[n+]1C)O3. The van der Waals surface area contributed by atoms with Crippen LogP contribution < -0.4 is 13.7 Å². The molecule has 0 N–H and O–H groups in total. The Bertz CT molecular complexity index is 1710. The molecule has 6 rings (SSSR count). The molecule has 176 valence electrons. The van der Waals surface area contributed by atoms with Crippen LogP contribution in [0.1, 0.15) is 36.5 Å². The number of aryl methyl sites for hydroxylation is 3. The first-order chi connectivity index (χ1) is 16.6. The average Bonchev–Trinajstić information content (AvgIpc) is 2.79. The summed E-state index contributed by atoms with van der Waals surface area (Å²) in [4.78, 5) is 0. The van der Waals surface area contributed by atoms with E-state index >= 15 is 0 Å². The minimum atomic E-state index is -1.95. The molecule has 5 aromatic rings. The predicted octanol–water partition coefficient (Wildman–Crippen LogP) is 8.03. The molecule has 0 unspecified atom stereocenters. The Kier molecular flexibility index (Phi) is 4.89. The second kappa shape index (κ2) is 7.57. The van der Waals surface area contributed by atoms with Crippen molar-refractivity contribution in [1.82, 2.24) is 0 Å². The average molecular weight is 521 g/mol. The van der Waals surface area contributed by atoms with Gasteiger partial charge in [-0.2, -0.15) is 0 Å². The molecule has 2 heterocycles. The normalized spacial score (nSPS) is 13.1. The third kappa shape index (κ3) is 3.26. The van der Waals surface area contributed by atoms with Crippen LogP contribution in [-0.2, 0) is 7.05 Å². The Balaban J connectivity index is 1.79.